The van der Waals surface area contributed by atoms with E-state index in [4.69, 9.17) is 4.98 Å². The Balaban J connectivity index is 1.51. The Kier molecular flexibility index (Phi) is 6.25. The van der Waals surface area contributed by atoms with E-state index in [1.54, 1.807) is 9.58 Å². The summed E-state index contributed by atoms with van der Waals surface area (Å²) in [7, 11) is 1.85. The number of carbonyl (C=O) groups is 1. The van der Waals surface area contributed by atoms with Crippen molar-refractivity contribution in [2.75, 3.05) is 4.90 Å². The number of benzene rings is 2. The lowest BCUT2D eigenvalue weighted by atomic mass is 9.83. The van der Waals surface area contributed by atoms with E-state index in [-0.39, 0.29) is 11.9 Å². The van der Waals surface area contributed by atoms with Gasteiger partial charge in [-0.3, -0.25) is 4.79 Å². The average Bonchev–Trinajstić information content (AvgIpc) is 3.44. The fourth-order valence-electron chi connectivity index (χ4n) is 6.30. The first-order chi connectivity index (χ1) is 18.6. The first-order valence-corrected chi connectivity index (χ1v) is 13.5. The molecular formula is C29H32F2N6O2. The number of aromatic nitrogens is 5. The zero-order valence-corrected chi connectivity index (χ0v) is 22.4. The van der Waals surface area contributed by atoms with Crippen molar-refractivity contribution in [3.63, 3.8) is 0 Å². The number of fused-ring (bicyclic) bond motifs is 1. The van der Waals surface area contributed by atoms with Crippen LogP contribution in [0.4, 0.5) is 14.5 Å². The summed E-state index contributed by atoms with van der Waals surface area (Å²) in [5.74, 6) is -1.35. The maximum Gasteiger partial charge on any atom is 0.227 e. The molecule has 1 atom stereocenters. The monoisotopic (exact) mass is 534 g/mol. The van der Waals surface area contributed by atoms with Gasteiger partial charge in [-0.1, -0.05) is 11.3 Å². The van der Waals surface area contributed by atoms with Crippen molar-refractivity contribution in [3.8, 4) is 11.3 Å². The van der Waals surface area contributed by atoms with E-state index in [9.17, 15) is 18.7 Å². The molecule has 1 unspecified atom stereocenters. The molecule has 204 valence electrons. The summed E-state index contributed by atoms with van der Waals surface area (Å²) in [6, 6.07) is 9.36. The standard InChI is InChI=1S/C29H32F2N6O2/c1-17-27(35(3)34-33-17)18-7-10-24-23(15-18)32-28(37(24)19-11-13-29(2,39)14-12-19)25-5-4-6-26(38)36(25)20-8-9-21(30)22(31)16-20/h7-10,15-16,19,25,39H,4-6,11-14H2,1-3H3. The number of hydrogen-bond donors (Lipinski definition) is 1. The van der Waals surface area contributed by atoms with Gasteiger partial charge in [-0.05, 0) is 76.6 Å². The van der Waals surface area contributed by atoms with Crippen LogP contribution in [0, 0.1) is 18.6 Å². The van der Waals surface area contributed by atoms with Crippen molar-refractivity contribution < 1.29 is 18.7 Å². The van der Waals surface area contributed by atoms with Crippen LogP contribution in [0.2, 0.25) is 0 Å². The number of imidazole rings is 1. The fraction of sp³-hybridized carbons (Fsp3) is 0.448. The Morgan fingerprint density at radius 2 is 1.82 bits per heavy atom. The van der Waals surface area contributed by atoms with Gasteiger partial charge in [-0.15, -0.1) is 5.10 Å². The minimum absolute atomic E-state index is 0.0833. The lowest BCUT2D eigenvalue weighted by Gasteiger charge is -2.38. The number of anilines is 1. The summed E-state index contributed by atoms with van der Waals surface area (Å²) >= 11 is 0. The molecule has 39 heavy (non-hydrogen) atoms. The fourth-order valence-corrected chi connectivity index (χ4v) is 6.30. The molecule has 0 bridgehead atoms. The lowest BCUT2D eigenvalue weighted by Crippen LogP contribution is -2.40. The molecule has 1 N–H and O–H groups in total. The highest BCUT2D eigenvalue weighted by Crippen LogP contribution is 2.43. The molecule has 2 aromatic heterocycles. The summed E-state index contributed by atoms with van der Waals surface area (Å²) in [5, 5.41) is 19.0. The first kappa shape index (κ1) is 25.6. The van der Waals surface area contributed by atoms with Gasteiger partial charge in [0.25, 0.3) is 0 Å². The summed E-state index contributed by atoms with van der Waals surface area (Å²) in [6.07, 6.45) is 4.51. The molecule has 3 heterocycles. The molecule has 2 aromatic carbocycles. The topological polar surface area (TPSA) is 89.1 Å². The van der Waals surface area contributed by atoms with Gasteiger partial charge >= 0.3 is 0 Å². The third kappa shape index (κ3) is 4.50. The number of amides is 1. The number of piperidine rings is 1. The minimum Gasteiger partial charge on any atom is -0.390 e. The summed E-state index contributed by atoms with van der Waals surface area (Å²) in [6.45, 7) is 3.79. The van der Waals surface area contributed by atoms with Gasteiger partial charge in [-0.25, -0.2) is 18.4 Å². The van der Waals surface area contributed by atoms with Crippen LogP contribution in [0.3, 0.4) is 0 Å². The van der Waals surface area contributed by atoms with Gasteiger partial charge in [-0.2, -0.15) is 0 Å². The van der Waals surface area contributed by atoms with Crippen LogP contribution in [0.1, 0.15) is 75.5 Å². The van der Waals surface area contributed by atoms with Crippen LogP contribution < -0.4 is 4.90 Å². The Bertz CT molecular complexity index is 1550. The molecule has 1 aliphatic carbocycles. The zero-order chi connectivity index (χ0) is 27.5. The third-order valence-electron chi connectivity index (χ3n) is 8.31. The smallest absolute Gasteiger partial charge is 0.227 e. The second-order valence-corrected chi connectivity index (χ2v) is 11.2. The Hall–Kier alpha value is -3.66. The quantitative estimate of drug-likeness (QED) is 0.371. The maximum absolute atomic E-state index is 14.3. The zero-order valence-electron chi connectivity index (χ0n) is 22.4. The number of aryl methyl sites for hydroxylation is 2. The number of halogens is 2. The molecule has 2 fully saturated rings. The van der Waals surface area contributed by atoms with Crippen LogP contribution in [0.25, 0.3) is 22.3 Å². The van der Waals surface area contributed by atoms with Gasteiger partial charge in [0.2, 0.25) is 5.91 Å². The molecule has 4 aromatic rings. The number of nitrogens with zero attached hydrogens (tertiary/aromatic N) is 6. The Labute approximate surface area is 225 Å². The van der Waals surface area contributed by atoms with E-state index < -0.39 is 23.3 Å². The SMILES string of the molecule is Cc1nnn(C)c1-c1ccc2c(c1)nc(C1CCCC(=O)N1c1ccc(F)c(F)c1)n2C1CCC(C)(O)CC1. The van der Waals surface area contributed by atoms with Crippen molar-refractivity contribution in [1.82, 2.24) is 24.5 Å². The Morgan fingerprint density at radius 3 is 2.51 bits per heavy atom. The van der Waals surface area contributed by atoms with Crippen LogP contribution in [-0.4, -0.2) is 41.2 Å². The predicted molar refractivity (Wildman–Crippen MR) is 143 cm³/mol. The van der Waals surface area contributed by atoms with E-state index in [1.807, 2.05) is 39.1 Å². The van der Waals surface area contributed by atoms with Crippen LogP contribution >= 0.6 is 0 Å². The van der Waals surface area contributed by atoms with Crippen LogP contribution in [0.15, 0.2) is 36.4 Å². The molecule has 1 amide bonds. The van der Waals surface area contributed by atoms with Crippen molar-refractivity contribution in [3.05, 3.63) is 59.6 Å². The van der Waals surface area contributed by atoms with E-state index in [0.29, 0.717) is 37.8 Å². The second kappa shape index (κ2) is 9.51. The number of carbonyl (C=O) groups excluding carboxylic acids is 1. The van der Waals surface area contributed by atoms with Crippen molar-refractivity contribution in [2.24, 2.45) is 7.05 Å². The minimum atomic E-state index is -0.988. The molecule has 6 rings (SSSR count). The summed E-state index contributed by atoms with van der Waals surface area (Å²) in [5.41, 5.74) is 3.99. The van der Waals surface area contributed by atoms with Crippen molar-refractivity contribution in [1.29, 1.82) is 0 Å². The second-order valence-electron chi connectivity index (χ2n) is 11.2. The summed E-state index contributed by atoms with van der Waals surface area (Å²) < 4.78 is 32.0. The predicted octanol–water partition coefficient (Wildman–Crippen LogP) is 5.54. The molecular weight excluding hydrogens is 502 g/mol. The van der Waals surface area contributed by atoms with E-state index in [1.165, 1.54) is 6.07 Å². The van der Waals surface area contributed by atoms with Gasteiger partial charge in [0.15, 0.2) is 11.6 Å². The molecule has 10 heteroatoms. The third-order valence-corrected chi connectivity index (χ3v) is 8.31. The molecule has 0 radical (unpaired) electrons. The average molecular weight is 535 g/mol. The molecule has 1 saturated carbocycles. The van der Waals surface area contributed by atoms with E-state index in [2.05, 4.69) is 14.9 Å². The lowest BCUT2D eigenvalue weighted by molar-refractivity contribution is -0.120. The van der Waals surface area contributed by atoms with Crippen molar-refractivity contribution >= 4 is 22.6 Å². The van der Waals surface area contributed by atoms with Gasteiger partial charge in [0.05, 0.1) is 34.1 Å². The molecule has 0 spiro atoms. The molecule has 1 saturated heterocycles. The molecule has 2 aliphatic rings. The highest BCUT2D eigenvalue weighted by molar-refractivity contribution is 5.95. The molecule has 1 aliphatic heterocycles. The highest BCUT2D eigenvalue weighted by Gasteiger charge is 2.38. The van der Waals surface area contributed by atoms with Gasteiger partial charge < -0.3 is 14.6 Å². The van der Waals surface area contributed by atoms with Crippen LogP contribution in [-0.2, 0) is 11.8 Å². The largest absolute Gasteiger partial charge is 0.390 e. The van der Waals surface area contributed by atoms with E-state index >= 15 is 0 Å². The summed E-state index contributed by atoms with van der Waals surface area (Å²) in [4.78, 5) is 20.0. The first-order valence-electron chi connectivity index (χ1n) is 13.5. The van der Waals surface area contributed by atoms with Crippen LogP contribution in [0.5, 0.6) is 0 Å². The Morgan fingerprint density at radius 1 is 1.05 bits per heavy atom. The van der Waals surface area contributed by atoms with E-state index in [0.717, 1.165) is 58.8 Å². The maximum atomic E-state index is 14.3. The number of aliphatic hydroxyl groups is 1. The van der Waals surface area contributed by atoms with Gasteiger partial charge in [0.1, 0.15) is 5.82 Å². The number of hydrogen-bond acceptors (Lipinski definition) is 5. The number of rotatable bonds is 4. The normalized spacial score (nSPS) is 24.1. The van der Waals surface area contributed by atoms with Gasteiger partial charge in [0, 0.05) is 36.8 Å². The van der Waals surface area contributed by atoms with Crippen molar-refractivity contribution in [2.45, 2.75) is 76.5 Å². The molecule has 8 nitrogen and oxygen atoms in total. The highest BCUT2D eigenvalue weighted by atomic mass is 19.2.